The van der Waals surface area contributed by atoms with Crippen molar-refractivity contribution >= 4 is 21.6 Å². The molecule has 6 heteroatoms. The number of nitrogens with one attached hydrogen (secondary N) is 1. The van der Waals surface area contributed by atoms with E-state index >= 15 is 0 Å². The third kappa shape index (κ3) is 6.79. The zero-order valence-electron chi connectivity index (χ0n) is 14.0. The summed E-state index contributed by atoms with van der Waals surface area (Å²) in [6, 6.07) is 6.98. The van der Waals surface area contributed by atoms with Crippen LogP contribution in [0.5, 0.6) is 0 Å². The van der Waals surface area contributed by atoms with Crippen LogP contribution < -0.4 is 4.72 Å². The lowest BCUT2D eigenvalue weighted by atomic mass is 9.92. The predicted octanol–water partition coefficient (Wildman–Crippen LogP) is 3.13. The highest BCUT2D eigenvalue weighted by Gasteiger charge is 2.21. The Kier molecular flexibility index (Phi) is 6.89. The molecule has 2 atom stereocenters. The molecule has 0 radical (unpaired) electrons. The molecular weight excluding hydrogens is 332 g/mol. The molecule has 1 heterocycles. The van der Waals surface area contributed by atoms with Crippen LogP contribution in [0, 0.1) is 11.8 Å². The summed E-state index contributed by atoms with van der Waals surface area (Å²) < 4.78 is 26.9. The van der Waals surface area contributed by atoms with Gasteiger partial charge in [0.25, 0.3) is 0 Å². The van der Waals surface area contributed by atoms with Gasteiger partial charge in [-0.1, -0.05) is 37.6 Å². The van der Waals surface area contributed by atoms with Crippen LogP contribution in [0.15, 0.2) is 24.3 Å². The van der Waals surface area contributed by atoms with E-state index < -0.39 is 10.0 Å². The summed E-state index contributed by atoms with van der Waals surface area (Å²) in [5, 5.41) is 0.561. The van der Waals surface area contributed by atoms with E-state index in [0.29, 0.717) is 17.1 Å². The van der Waals surface area contributed by atoms with Crippen LogP contribution in [0.3, 0.4) is 0 Å². The fraction of sp³-hybridized carbons (Fsp3) is 0.647. The average Bonchev–Trinajstić information content (AvgIpc) is 2.42. The monoisotopic (exact) mass is 358 g/mol. The summed E-state index contributed by atoms with van der Waals surface area (Å²) in [4.78, 5) is 2.45. The third-order valence-corrected chi connectivity index (χ3v) is 5.76. The van der Waals surface area contributed by atoms with E-state index in [9.17, 15) is 8.42 Å². The Morgan fingerprint density at radius 1 is 1.26 bits per heavy atom. The smallest absolute Gasteiger partial charge is 0.215 e. The number of piperidine rings is 1. The zero-order chi connectivity index (χ0) is 16.9. The molecular formula is C17H27ClN2O2S. The highest BCUT2D eigenvalue weighted by molar-refractivity contribution is 7.88. The minimum atomic E-state index is -3.30. The Hall–Kier alpha value is -0.620. The van der Waals surface area contributed by atoms with Gasteiger partial charge in [0, 0.05) is 24.7 Å². The topological polar surface area (TPSA) is 49.4 Å². The highest BCUT2D eigenvalue weighted by Crippen LogP contribution is 2.20. The van der Waals surface area contributed by atoms with Crippen molar-refractivity contribution < 1.29 is 8.42 Å². The molecule has 0 spiro atoms. The Balaban J connectivity index is 1.72. The number of benzene rings is 1. The van der Waals surface area contributed by atoms with Crippen LogP contribution in [-0.4, -0.2) is 39.5 Å². The lowest BCUT2D eigenvalue weighted by Gasteiger charge is -2.34. The summed E-state index contributed by atoms with van der Waals surface area (Å²) in [6.45, 7) is 8.27. The molecule has 1 saturated heterocycles. The second-order valence-electron chi connectivity index (χ2n) is 6.84. The molecule has 130 valence electrons. The minimum absolute atomic E-state index is 0.0225. The maximum atomic E-state index is 12.1. The first-order valence-corrected chi connectivity index (χ1v) is 10.3. The number of likely N-dealkylation sites (tertiary alicyclic amines) is 1. The Morgan fingerprint density at radius 3 is 2.61 bits per heavy atom. The van der Waals surface area contributed by atoms with Crippen molar-refractivity contribution in [3.8, 4) is 0 Å². The van der Waals surface area contributed by atoms with Gasteiger partial charge in [-0.05, 0) is 48.9 Å². The van der Waals surface area contributed by atoms with Gasteiger partial charge in [-0.15, -0.1) is 0 Å². The van der Waals surface area contributed by atoms with Crippen molar-refractivity contribution in [1.82, 2.24) is 9.62 Å². The molecule has 1 fully saturated rings. The predicted molar refractivity (Wildman–Crippen MR) is 96.1 cm³/mol. The van der Waals surface area contributed by atoms with Gasteiger partial charge in [0.05, 0.1) is 5.75 Å². The molecule has 1 aliphatic heterocycles. The van der Waals surface area contributed by atoms with E-state index in [2.05, 4.69) is 23.5 Å². The summed E-state index contributed by atoms with van der Waals surface area (Å²) >= 11 is 5.89. The van der Waals surface area contributed by atoms with Gasteiger partial charge < -0.3 is 4.90 Å². The second kappa shape index (κ2) is 8.47. The first kappa shape index (κ1) is 18.7. The van der Waals surface area contributed by atoms with E-state index in [-0.39, 0.29) is 5.75 Å². The third-order valence-electron chi connectivity index (χ3n) is 4.16. The molecule has 1 aromatic carbocycles. The second-order valence-corrected chi connectivity index (χ2v) is 9.09. The fourth-order valence-corrected chi connectivity index (χ4v) is 4.79. The Morgan fingerprint density at radius 2 is 1.96 bits per heavy atom. The molecule has 1 aliphatic rings. The molecule has 0 saturated carbocycles. The van der Waals surface area contributed by atoms with E-state index in [1.165, 1.54) is 6.42 Å². The quantitative estimate of drug-likeness (QED) is 0.762. The number of hydrogen-bond donors (Lipinski definition) is 1. The van der Waals surface area contributed by atoms with Crippen molar-refractivity contribution in [1.29, 1.82) is 0 Å². The van der Waals surface area contributed by atoms with E-state index in [1.54, 1.807) is 24.3 Å². The molecule has 0 unspecified atom stereocenters. The largest absolute Gasteiger partial charge is 0.303 e. The number of rotatable bonds is 7. The van der Waals surface area contributed by atoms with Gasteiger partial charge in [0.2, 0.25) is 10.0 Å². The summed E-state index contributed by atoms with van der Waals surface area (Å²) in [7, 11) is -3.30. The molecule has 0 bridgehead atoms. The molecule has 1 N–H and O–H groups in total. The van der Waals surface area contributed by atoms with Crippen molar-refractivity contribution in [2.75, 3.05) is 26.2 Å². The molecule has 2 rings (SSSR count). The summed E-state index contributed by atoms with van der Waals surface area (Å²) in [5.41, 5.74) is 0.712. The Bertz CT molecular complexity index is 596. The maximum absolute atomic E-state index is 12.1. The van der Waals surface area contributed by atoms with Gasteiger partial charge in [-0.25, -0.2) is 13.1 Å². The molecule has 4 nitrogen and oxygen atoms in total. The lowest BCUT2D eigenvalue weighted by molar-refractivity contribution is 0.140. The molecule has 0 amide bonds. The van der Waals surface area contributed by atoms with Crippen LogP contribution in [0.4, 0.5) is 0 Å². The van der Waals surface area contributed by atoms with Gasteiger partial charge in [0.1, 0.15) is 0 Å². The number of halogens is 1. The summed E-state index contributed by atoms with van der Waals surface area (Å²) in [5.74, 6) is 1.45. The fourth-order valence-electron chi connectivity index (χ4n) is 3.40. The van der Waals surface area contributed by atoms with E-state index in [4.69, 9.17) is 11.6 Å². The van der Waals surface area contributed by atoms with Crippen molar-refractivity contribution in [3.05, 3.63) is 34.9 Å². The minimum Gasteiger partial charge on any atom is -0.303 e. The van der Waals surface area contributed by atoms with Crippen molar-refractivity contribution in [3.63, 3.8) is 0 Å². The lowest BCUT2D eigenvalue weighted by Crippen LogP contribution is -2.40. The SMILES string of the molecule is C[C@H]1C[C@H](C)CN(CCCNS(=O)(=O)Cc2cccc(Cl)c2)C1. The van der Waals surface area contributed by atoms with Gasteiger partial charge >= 0.3 is 0 Å². The summed E-state index contributed by atoms with van der Waals surface area (Å²) in [6.07, 6.45) is 2.14. The van der Waals surface area contributed by atoms with Crippen LogP contribution in [0.2, 0.25) is 5.02 Å². The first-order chi connectivity index (χ1) is 10.8. The van der Waals surface area contributed by atoms with Crippen LogP contribution in [-0.2, 0) is 15.8 Å². The molecule has 0 aliphatic carbocycles. The number of sulfonamides is 1. The van der Waals surface area contributed by atoms with Crippen molar-refractivity contribution in [2.45, 2.75) is 32.4 Å². The maximum Gasteiger partial charge on any atom is 0.215 e. The molecule has 1 aromatic rings. The number of nitrogens with zero attached hydrogens (tertiary/aromatic N) is 1. The molecule has 23 heavy (non-hydrogen) atoms. The zero-order valence-corrected chi connectivity index (χ0v) is 15.5. The first-order valence-electron chi connectivity index (χ1n) is 8.28. The number of hydrogen-bond acceptors (Lipinski definition) is 3. The van der Waals surface area contributed by atoms with Crippen LogP contribution in [0.25, 0.3) is 0 Å². The van der Waals surface area contributed by atoms with Crippen LogP contribution in [0.1, 0.15) is 32.3 Å². The van der Waals surface area contributed by atoms with E-state index in [1.807, 2.05) is 0 Å². The Labute approximate surface area is 145 Å². The van der Waals surface area contributed by atoms with Crippen molar-refractivity contribution in [2.24, 2.45) is 11.8 Å². The highest BCUT2D eigenvalue weighted by atomic mass is 35.5. The van der Waals surface area contributed by atoms with Gasteiger partial charge in [-0.3, -0.25) is 0 Å². The van der Waals surface area contributed by atoms with Crippen LogP contribution >= 0.6 is 11.6 Å². The normalized spacial score (nSPS) is 23.1. The average molecular weight is 359 g/mol. The molecule has 0 aromatic heterocycles. The van der Waals surface area contributed by atoms with Gasteiger partial charge in [0.15, 0.2) is 0 Å². The van der Waals surface area contributed by atoms with E-state index in [0.717, 1.165) is 37.9 Å². The standard InChI is InChI=1S/C17H27ClN2O2S/c1-14-9-15(2)12-20(11-14)8-4-7-19-23(21,22)13-16-5-3-6-17(18)10-16/h3,5-6,10,14-15,19H,4,7-9,11-13H2,1-2H3/t14-,15-/m0/s1. The van der Waals surface area contributed by atoms with Gasteiger partial charge in [-0.2, -0.15) is 0 Å².